The van der Waals surface area contributed by atoms with E-state index in [1.54, 1.807) is 0 Å². The summed E-state index contributed by atoms with van der Waals surface area (Å²) in [6, 6.07) is 0. The second-order valence-electron chi connectivity index (χ2n) is 17.4. The minimum atomic E-state index is -0.148. The summed E-state index contributed by atoms with van der Waals surface area (Å²) in [5.74, 6) is 0.146. The molecule has 0 aromatic heterocycles. The molecule has 1 aliphatic carbocycles. The van der Waals surface area contributed by atoms with Crippen LogP contribution in [-0.4, -0.2) is 75.1 Å². The van der Waals surface area contributed by atoms with Gasteiger partial charge in [-0.2, -0.15) is 0 Å². The van der Waals surface area contributed by atoms with Crippen molar-refractivity contribution in [1.29, 1.82) is 0 Å². The highest BCUT2D eigenvalue weighted by Gasteiger charge is 2.36. The first-order chi connectivity index (χ1) is 29.3. The molecular weight excluding hydrogens is 747 g/mol. The van der Waals surface area contributed by atoms with Gasteiger partial charge in [0.1, 0.15) is 6.10 Å². The Morgan fingerprint density at radius 1 is 0.567 bits per heavy atom. The van der Waals surface area contributed by atoms with Crippen LogP contribution in [0, 0.1) is 11.8 Å². The van der Waals surface area contributed by atoms with Crippen molar-refractivity contribution >= 4 is 11.9 Å². The predicted molar refractivity (Wildman–Crippen MR) is 256 cm³/mol. The molecule has 1 saturated carbocycles. The first-order valence-corrected chi connectivity index (χ1v) is 25.1. The van der Waals surface area contributed by atoms with Crippen LogP contribution in [0.25, 0.3) is 0 Å². The van der Waals surface area contributed by atoms with Gasteiger partial charge < -0.3 is 24.2 Å². The number of unbranched alkanes of at least 4 members (excludes halogenated alkanes) is 18. The van der Waals surface area contributed by atoms with Gasteiger partial charge in [0.25, 0.3) is 0 Å². The smallest absolute Gasteiger partial charge is 0.306 e. The highest BCUT2D eigenvalue weighted by molar-refractivity contribution is 5.70. The summed E-state index contributed by atoms with van der Waals surface area (Å²) >= 11 is 0. The third kappa shape index (κ3) is 41.1. The number of ether oxygens (including phenoxy) is 3. The fraction of sp³-hybridized carbons (Fsp3) is 0.811. The summed E-state index contributed by atoms with van der Waals surface area (Å²) in [7, 11) is 4.00. The Morgan fingerprint density at radius 2 is 1.05 bits per heavy atom. The van der Waals surface area contributed by atoms with E-state index in [4.69, 9.17) is 19.3 Å². The van der Waals surface area contributed by atoms with Gasteiger partial charge in [-0.1, -0.05) is 146 Å². The molecule has 0 heterocycles. The van der Waals surface area contributed by atoms with Gasteiger partial charge >= 0.3 is 11.9 Å². The topological polar surface area (TPSA) is 85.3 Å². The van der Waals surface area contributed by atoms with Crippen molar-refractivity contribution in [3.63, 3.8) is 0 Å². The minimum absolute atomic E-state index is 0.0763. The number of esters is 2. The standard InChI is InChI=1S/C35H63NO5.C18H34O/c1-5-6-7-8-9-10-11-12-13-14-15-16-17-18-19-20-27-39-28-22-29-40-35(38)30-32-24-25-33(31(32)2)41-34(37)23-21-26-36(3)4;1-2-3-4-5-6-7-8-9-10-11-12-13-14-15-16-17-18-19/h9-10,12-13,31-33H,5-8,11,14-30H2,1-4H3;6-7,9-10,19H,2-5,8,11-18H2,1H3/b10-9-,13-12-;7-6-,10-9-. The summed E-state index contributed by atoms with van der Waals surface area (Å²) < 4.78 is 16.9. The highest BCUT2D eigenvalue weighted by Crippen LogP contribution is 2.36. The number of allylic oxidation sites excluding steroid dienone is 8. The average Bonchev–Trinajstić information content (AvgIpc) is 3.56. The van der Waals surface area contributed by atoms with E-state index in [2.05, 4.69) is 74.3 Å². The van der Waals surface area contributed by atoms with Crippen LogP contribution in [-0.2, 0) is 23.8 Å². The number of carbonyl (C=O) groups excluding carboxylic acids is 2. The lowest BCUT2D eigenvalue weighted by molar-refractivity contribution is -0.151. The Hall–Kier alpha value is -2.22. The van der Waals surface area contributed by atoms with Crippen LogP contribution in [0.15, 0.2) is 48.6 Å². The third-order valence-corrected chi connectivity index (χ3v) is 11.4. The van der Waals surface area contributed by atoms with E-state index in [1.165, 1.54) is 128 Å². The van der Waals surface area contributed by atoms with E-state index in [9.17, 15) is 9.59 Å². The maximum atomic E-state index is 12.3. The average molecular weight is 844 g/mol. The molecule has 0 aromatic rings. The van der Waals surface area contributed by atoms with Crippen molar-refractivity contribution < 1.29 is 28.9 Å². The van der Waals surface area contributed by atoms with Crippen LogP contribution >= 0.6 is 0 Å². The molecule has 7 heteroatoms. The predicted octanol–water partition coefficient (Wildman–Crippen LogP) is 14.2. The first-order valence-electron chi connectivity index (χ1n) is 25.1. The molecule has 1 N–H and O–H groups in total. The monoisotopic (exact) mass is 844 g/mol. The van der Waals surface area contributed by atoms with E-state index in [0.717, 1.165) is 64.5 Å². The summed E-state index contributed by atoms with van der Waals surface area (Å²) in [6.45, 7) is 9.66. The normalized spacial score (nSPS) is 16.8. The number of nitrogens with zero attached hydrogens (tertiary/aromatic N) is 1. The molecule has 0 aromatic carbocycles. The van der Waals surface area contributed by atoms with Crippen LogP contribution in [0.4, 0.5) is 0 Å². The van der Waals surface area contributed by atoms with Crippen molar-refractivity contribution in [1.82, 2.24) is 4.90 Å². The third-order valence-electron chi connectivity index (χ3n) is 11.4. The molecule has 0 aliphatic heterocycles. The highest BCUT2D eigenvalue weighted by atomic mass is 16.5. The number of hydrogen-bond acceptors (Lipinski definition) is 7. The molecule has 0 bridgehead atoms. The second-order valence-corrected chi connectivity index (χ2v) is 17.4. The second kappa shape index (κ2) is 46.3. The number of carbonyl (C=O) groups is 2. The van der Waals surface area contributed by atoms with Gasteiger partial charge in [-0.25, -0.2) is 0 Å². The van der Waals surface area contributed by atoms with Crippen LogP contribution < -0.4 is 0 Å². The largest absolute Gasteiger partial charge is 0.466 e. The fourth-order valence-electron chi connectivity index (χ4n) is 7.44. The summed E-state index contributed by atoms with van der Waals surface area (Å²) in [4.78, 5) is 26.5. The Bertz CT molecular complexity index is 1050. The van der Waals surface area contributed by atoms with Gasteiger partial charge in [-0.3, -0.25) is 9.59 Å². The molecule has 0 saturated heterocycles. The molecule has 0 amide bonds. The molecule has 1 fully saturated rings. The van der Waals surface area contributed by atoms with Crippen LogP contribution in [0.2, 0.25) is 0 Å². The fourth-order valence-corrected chi connectivity index (χ4v) is 7.44. The van der Waals surface area contributed by atoms with E-state index in [-0.39, 0.29) is 29.9 Å². The molecule has 0 radical (unpaired) electrons. The van der Waals surface area contributed by atoms with Crippen LogP contribution in [0.5, 0.6) is 0 Å². The van der Waals surface area contributed by atoms with Gasteiger partial charge in [-0.15, -0.1) is 0 Å². The van der Waals surface area contributed by atoms with Crippen LogP contribution in [0.3, 0.4) is 0 Å². The Labute approximate surface area is 371 Å². The summed E-state index contributed by atoms with van der Waals surface area (Å²) in [5.41, 5.74) is 0. The van der Waals surface area contributed by atoms with Crippen molar-refractivity contribution in [3.8, 4) is 0 Å². The summed E-state index contributed by atoms with van der Waals surface area (Å²) in [6.07, 6.45) is 52.5. The van der Waals surface area contributed by atoms with Crippen molar-refractivity contribution in [2.75, 3.05) is 47.1 Å². The van der Waals surface area contributed by atoms with E-state index >= 15 is 0 Å². The van der Waals surface area contributed by atoms with Gasteiger partial charge in [-0.05, 0) is 129 Å². The van der Waals surface area contributed by atoms with Gasteiger partial charge in [0.15, 0.2) is 0 Å². The maximum absolute atomic E-state index is 12.3. The van der Waals surface area contributed by atoms with E-state index in [0.29, 0.717) is 32.7 Å². The van der Waals surface area contributed by atoms with Crippen molar-refractivity contribution in [2.24, 2.45) is 11.8 Å². The number of aliphatic hydroxyl groups is 1. The molecule has 60 heavy (non-hydrogen) atoms. The lowest BCUT2D eigenvalue weighted by Gasteiger charge is -2.21. The zero-order valence-corrected chi connectivity index (χ0v) is 40.0. The maximum Gasteiger partial charge on any atom is 0.306 e. The number of aliphatic hydroxyl groups excluding tert-OH is 1. The van der Waals surface area contributed by atoms with Gasteiger partial charge in [0.2, 0.25) is 0 Å². The van der Waals surface area contributed by atoms with Crippen LogP contribution in [0.1, 0.15) is 213 Å². The summed E-state index contributed by atoms with van der Waals surface area (Å²) in [5, 5.41) is 8.66. The number of rotatable bonds is 40. The first kappa shape index (κ1) is 57.8. The molecular formula is C53H97NO6. The zero-order chi connectivity index (χ0) is 44.0. The quantitative estimate of drug-likeness (QED) is 0.0373. The van der Waals surface area contributed by atoms with E-state index in [1.807, 2.05) is 14.1 Å². The SMILES string of the molecule is CCCCC/C=C\C/C=C\CCCCCCCCO.CCCCC/C=C\C/C=C\CCCCCCCCOCCCOC(=O)CC1CCC(OC(=O)CCCN(C)C)C1C. The molecule has 7 nitrogen and oxygen atoms in total. The van der Waals surface area contributed by atoms with Gasteiger partial charge in [0.05, 0.1) is 6.61 Å². The molecule has 3 atom stereocenters. The van der Waals surface area contributed by atoms with E-state index < -0.39 is 0 Å². The lowest BCUT2D eigenvalue weighted by Crippen LogP contribution is -2.25. The van der Waals surface area contributed by atoms with Gasteiger partial charge in [0, 0.05) is 39.1 Å². The number of hydrogen-bond donors (Lipinski definition) is 1. The molecule has 350 valence electrons. The Kier molecular flexibility index (Phi) is 44.6. The Balaban J connectivity index is 0.00000153. The minimum Gasteiger partial charge on any atom is -0.466 e. The molecule has 3 unspecified atom stereocenters. The lowest BCUT2D eigenvalue weighted by atomic mass is 9.94. The van der Waals surface area contributed by atoms with Crippen molar-refractivity contribution in [3.05, 3.63) is 48.6 Å². The zero-order valence-electron chi connectivity index (χ0n) is 40.0. The molecule has 1 rings (SSSR count). The van der Waals surface area contributed by atoms with Crippen molar-refractivity contribution in [2.45, 2.75) is 219 Å². The molecule has 1 aliphatic rings. The Morgan fingerprint density at radius 3 is 1.57 bits per heavy atom. The molecule has 0 spiro atoms.